The van der Waals surface area contributed by atoms with Crippen molar-refractivity contribution in [1.82, 2.24) is 4.72 Å². The van der Waals surface area contributed by atoms with E-state index >= 15 is 0 Å². The smallest absolute Gasteiger partial charge is 0.240 e. The van der Waals surface area contributed by atoms with Gasteiger partial charge in [0.1, 0.15) is 0 Å². The molecular formula is C14H21NO4S. The third kappa shape index (κ3) is 5.03. The maximum Gasteiger partial charge on any atom is 0.240 e. The second-order valence-corrected chi connectivity index (χ2v) is 6.46. The van der Waals surface area contributed by atoms with E-state index in [2.05, 4.69) is 4.72 Å². The molecule has 0 spiro atoms. The van der Waals surface area contributed by atoms with Gasteiger partial charge in [-0.2, -0.15) is 0 Å². The Morgan fingerprint density at radius 1 is 1.40 bits per heavy atom. The minimum absolute atomic E-state index is 0.0869. The molecule has 1 aromatic rings. The molecule has 0 bridgehead atoms. The van der Waals surface area contributed by atoms with Crippen molar-refractivity contribution in [3.63, 3.8) is 0 Å². The van der Waals surface area contributed by atoms with E-state index in [0.29, 0.717) is 24.8 Å². The summed E-state index contributed by atoms with van der Waals surface area (Å²) in [4.78, 5) is 11.7. The van der Waals surface area contributed by atoms with Gasteiger partial charge >= 0.3 is 0 Å². The number of hydrogen-bond acceptors (Lipinski definition) is 4. The largest absolute Gasteiger partial charge is 0.393 e. The van der Waals surface area contributed by atoms with E-state index in [0.717, 1.165) is 0 Å². The van der Waals surface area contributed by atoms with E-state index in [-0.39, 0.29) is 17.2 Å². The van der Waals surface area contributed by atoms with Gasteiger partial charge in [0.05, 0.1) is 11.0 Å². The summed E-state index contributed by atoms with van der Waals surface area (Å²) in [6.07, 6.45) is 0.997. The van der Waals surface area contributed by atoms with E-state index in [1.54, 1.807) is 26.0 Å². The Labute approximate surface area is 120 Å². The second kappa shape index (κ2) is 7.52. The van der Waals surface area contributed by atoms with Crippen molar-refractivity contribution < 1.29 is 18.3 Å². The van der Waals surface area contributed by atoms with Crippen LogP contribution in [0.5, 0.6) is 0 Å². The van der Waals surface area contributed by atoms with Crippen LogP contribution in [0.25, 0.3) is 0 Å². The predicted molar refractivity (Wildman–Crippen MR) is 77.2 cm³/mol. The van der Waals surface area contributed by atoms with Crippen LogP contribution in [0.1, 0.15) is 43.5 Å². The number of nitrogens with one attached hydrogen (secondary N) is 1. The van der Waals surface area contributed by atoms with Crippen LogP contribution in [0.15, 0.2) is 29.2 Å². The highest BCUT2D eigenvalue weighted by molar-refractivity contribution is 7.89. The number of Topliss-reactive ketones (excluding diaryl/α,β-unsaturated/α-hetero) is 1. The molecule has 1 unspecified atom stereocenters. The Morgan fingerprint density at radius 3 is 2.70 bits per heavy atom. The van der Waals surface area contributed by atoms with Gasteiger partial charge in [0.25, 0.3) is 0 Å². The summed E-state index contributed by atoms with van der Waals surface area (Å²) < 4.78 is 26.6. The number of sulfonamides is 1. The first kappa shape index (κ1) is 16.8. The molecule has 112 valence electrons. The fraction of sp³-hybridized carbons (Fsp3) is 0.500. The van der Waals surface area contributed by atoms with E-state index in [1.165, 1.54) is 12.1 Å². The van der Waals surface area contributed by atoms with Gasteiger partial charge in [0, 0.05) is 18.5 Å². The van der Waals surface area contributed by atoms with Gasteiger partial charge in [0.15, 0.2) is 5.78 Å². The summed E-state index contributed by atoms with van der Waals surface area (Å²) in [6.45, 7) is 3.66. The Bertz CT molecular complexity index is 552. The molecule has 0 aromatic heterocycles. The maximum absolute atomic E-state index is 12.1. The lowest BCUT2D eigenvalue weighted by molar-refractivity contribution is 0.0988. The van der Waals surface area contributed by atoms with Crippen molar-refractivity contribution in [1.29, 1.82) is 0 Å². The van der Waals surface area contributed by atoms with Crippen LogP contribution < -0.4 is 4.72 Å². The summed E-state index contributed by atoms with van der Waals surface area (Å²) in [5.74, 6) is -0.0869. The van der Waals surface area contributed by atoms with Crippen LogP contribution in [-0.2, 0) is 10.0 Å². The molecule has 2 N–H and O–H groups in total. The van der Waals surface area contributed by atoms with Crippen LogP contribution in [0.2, 0.25) is 0 Å². The number of aliphatic hydroxyl groups is 1. The molecule has 0 aliphatic rings. The number of ketones is 1. The fourth-order valence-electron chi connectivity index (χ4n) is 1.73. The average molecular weight is 299 g/mol. The van der Waals surface area contributed by atoms with Crippen LogP contribution in [0, 0.1) is 0 Å². The van der Waals surface area contributed by atoms with E-state index in [9.17, 15) is 13.2 Å². The fourth-order valence-corrected chi connectivity index (χ4v) is 2.85. The molecule has 0 heterocycles. The summed E-state index contributed by atoms with van der Waals surface area (Å²) in [5.41, 5.74) is 0.402. The highest BCUT2D eigenvalue weighted by Gasteiger charge is 2.15. The van der Waals surface area contributed by atoms with Gasteiger partial charge in [0.2, 0.25) is 10.0 Å². The maximum atomic E-state index is 12.1. The monoisotopic (exact) mass is 299 g/mol. The van der Waals surface area contributed by atoms with Crippen LogP contribution in [0.3, 0.4) is 0 Å². The molecule has 5 nitrogen and oxygen atoms in total. The number of carbonyl (C=O) groups excluding carboxylic acids is 1. The quantitative estimate of drug-likeness (QED) is 0.565. The summed E-state index contributed by atoms with van der Waals surface area (Å²) >= 11 is 0. The molecule has 1 atom stereocenters. The summed E-state index contributed by atoms with van der Waals surface area (Å²) in [5, 5.41) is 9.11. The molecule has 0 aliphatic carbocycles. The van der Waals surface area contributed by atoms with Crippen molar-refractivity contribution >= 4 is 15.8 Å². The van der Waals surface area contributed by atoms with Crippen molar-refractivity contribution in [2.24, 2.45) is 0 Å². The first-order chi connectivity index (χ1) is 9.36. The van der Waals surface area contributed by atoms with Gasteiger partial charge in [-0.25, -0.2) is 13.1 Å². The van der Waals surface area contributed by atoms with E-state index < -0.39 is 16.1 Å². The molecule has 1 aromatic carbocycles. The van der Waals surface area contributed by atoms with Gasteiger partial charge in [-0.1, -0.05) is 19.1 Å². The molecule has 0 saturated heterocycles. The molecule has 0 aliphatic heterocycles. The van der Waals surface area contributed by atoms with Crippen molar-refractivity contribution in [3.8, 4) is 0 Å². The number of aliphatic hydroxyl groups excluding tert-OH is 1. The minimum Gasteiger partial charge on any atom is -0.393 e. The normalized spacial score (nSPS) is 13.2. The van der Waals surface area contributed by atoms with Crippen molar-refractivity contribution in [2.75, 3.05) is 6.54 Å². The lowest BCUT2D eigenvalue weighted by atomic mass is 10.1. The molecule has 0 fully saturated rings. The lowest BCUT2D eigenvalue weighted by Gasteiger charge is -2.08. The van der Waals surface area contributed by atoms with Crippen molar-refractivity contribution in [2.45, 2.75) is 44.1 Å². The van der Waals surface area contributed by atoms with E-state index in [1.807, 2.05) is 0 Å². The average Bonchev–Trinajstić information content (AvgIpc) is 2.42. The predicted octanol–water partition coefficient (Wildman–Crippen LogP) is 1.72. The Morgan fingerprint density at radius 2 is 2.10 bits per heavy atom. The zero-order chi connectivity index (χ0) is 15.2. The number of carbonyl (C=O) groups is 1. The van der Waals surface area contributed by atoms with Gasteiger partial charge < -0.3 is 5.11 Å². The Kier molecular flexibility index (Phi) is 6.32. The standard InChI is InChI=1S/C14H21NO4S/c1-3-14(17)12-7-4-8-13(10-12)20(18,19)15-9-5-6-11(2)16/h4,7-8,10-11,15-16H,3,5-6,9H2,1-2H3. The highest BCUT2D eigenvalue weighted by atomic mass is 32.2. The number of rotatable bonds is 8. The SMILES string of the molecule is CCC(=O)c1cccc(S(=O)(=O)NCCCC(C)O)c1. The van der Waals surface area contributed by atoms with Gasteiger partial charge in [-0.3, -0.25) is 4.79 Å². The summed E-state index contributed by atoms with van der Waals surface area (Å²) in [7, 11) is -3.61. The van der Waals surface area contributed by atoms with Crippen LogP contribution in [0.4, 0.5) is 0 Å². The minimum atomic E-state index is -3.61. The zero-order valence-electron chi connectivity index (χ0n) is 11.8. The second-order valence-electron chi connectivity index (χ2n) is 4.69. The highest BCUT2D eigenvalue weighted by Crippen LogP contribution is 2.13. The van der Waals surface area contributed by atoms with Crippen LogP contribution >= 0.6 is 0 Å². The van der Waals surface area contributed by atoms with Crippen molar-refractivity contribution in [3.05, 3.63) is 29.8 Å². The third-order valence-electron chi connectivity index (χ3n) is 2.88. The number of hydrogen-bond donors (Lipinski definition) is 2. The lowest BCUT2D eigenvalue weighted by Crippen LogP contribution is -2.25. The van der Waals surface area contributed by atoms with Crippen LogP contribution in [-0.4, -0.2) is 32.0 Å². The zero-order valence-corrected chi connectivity index (χ0v) is 12.6. The topological polar surface area (TPSA) is 83.5 Å². The summed E-state index contributed by atoms with van der Waals surface area (Å²) in [6, 6.07) is 6.03. The molecular weight excluding hydrogens is 278 g/mol. The molecule has 0 radical (unpaired) electrons. The first-order valence-electron chi connectivity index (χ1n) is 6.68. The third-order valence-corrected chi connectivity index (χ3v) is 4.34. The molecule has 0 saturated carbocycles. The Balaban J connectivity index is 2.75. The molecule has 0 amide bonds. The first-order valence-corrected chi connectivity index (χ1v) is 8.16. The number of benzene rings is 1. The molecule has 20 heavy (non-hydrogen) atoms. The van der Waals surface area contributed by atoms with Gasteiger partial charge in [-0.15, -0.1) is 0 Å². The molecule has 6 heteroatoms. The molecule has 1 rings (SSSR count). The van der Waals surface area contributed by atoms with E-state index in [4.69, 9.17) is 5.11 Å². The Hall–Kier alpha value is -1.24. The van der Waals surface area contributed by atoms with Gasteiger partial charge in [-0.05, 0) is 31.9 Å².